The number of ether oxygens (including phenoxy) is 3. The second-order valence-corrected chi connectivity index (χ2v) is 11.9. The van der Waals surface area contributed by atoms with E-state index in [-0.39, 0.29) is 23.9 Å². The number of fused-ring (bicyclic) bond motifs is 1. The van der Waals surface area contributed by atoms with Crippen LogP contribution < -0.4 is 4.74 Å². The predicted molar refractivity (Wildman–Crippen MR) is 159 cm³/mol. The number of benzene rings is 1. The third kappa shape index (κ3) is 11.4. The van der Waals surface area contributed by atoms with Crippen LogP contribution in [0.1, 0.15) is 92.6 Å². The van der Waals surface area contributed by atoms with Crippen molar-refractivity contribution >= 4 is 36.3 Å². The summed E-state index contributed by atoms with van der Waals surface area (Å²) in [5.74, 6) is 1.03. The van der Waals surface area contributed by atoms with Gasteiger partial charge < -0.3 is 19.0 Å². The quantitative estimate of drug-likeness (QED) is 0.185. The maximum Gasteiger partial charge on any atom is 0.350 e. The highest BCUT2D eigenvalue weighted by Crippen LogP contribution is 2.57. The van der Waals surface area contributed by atoms with Crippen molar-refractivity contribution in [2.45, 2.75) is 115 Å². The van der Waals surface area contributed by atoms with Crippen LogP contribution in [-0.2, 0) is 19.1 Å². The highest BCUT2D eigenvalue weighted by molar-refractivity contribution is 8.24. The number of aryl methyl sites for hydroxylation is 1. The number of hydrogen-bond acceptors (Lipinski definition) is 8. The molecule has 0 bridgehead atoms. The Balaban J connectivity index is 0.00000179. The molecule has 1 aromatic carbocycles. The number of methoxy groups -OCH3 is 1. The smallest absolute Gasteiger partial charge is 0.350 e. The average molecular weight is 566 g/mol. The second kappa shape index (κ2) is 19.2. The van der Waals surface area contributed by atoms with Crippen molar-refractivity contribution in [3.63, 3.8) is 0 Å². The van der Waals surface area contributed by atoms with Gasteiger partial charge >= 0.3 is 5.97 Å². The fourth-order valence-corrected chi connectivity index (χ4v) is 6.18. The van der Waals surface area contributed by atoms with Crippen LogP contribution in [0.5, 0.6) is 5.75 Å². The van der Waals surface area contributed by atoms with Gasteiger partial charge in [-0.25, -0.2) is 4.79 Å². The van der Waals surface area contributed by atoms with Crippen LogP contribution in [0.3, 0.4) is 0 Å². The van der Waals surface area contributed by atoms with Crippen LogP contribution in [0, 0.1) is 24.2 Å². The SMILES string of the molecule is C=O.CC.CCC.COC(C)(C)CCOC(=O)/C(C#N)=C1\Sc2c(C)ccc(OC3CCC(C)CC3)c2S1. The lowest BCUT2D eigenvalue weighted by Gasteiger charge is -2.27. The molecule has 3 rings (SSSR count). The number of hydrogen-bond donors (Lipinski definition) is 0. The van der Waals surface area contributed by atoms with Gasteiger partial charge in [0.2, 0.25) is 0 Å². The monoisotopic (exact) mass is 565 g/mol. The molecule has 8 heteroatoms. The van der Waals surface area contributed by atoms with Crippen molar-refractivity contribution in [2.75, 3.05) is 13.7 Å². The molecule has 38 heavy (non-hydrogen) atoms. The van der Waals surface area contributed by atoms with Crippen LogP contribution in [0.2, 0.25) is 0 Å². The largest absolute Gasteiger partial charge is 0.489 e. The van der Waals surface area contributed by atoms with Gasteiger partial charge in [-0.05, 0) is 64.0 Å². The van der Waals surface area contributed by atoms with Gasteiger partial charge in [-0.15, -0.1) is 0 Å². The van der Waals surface area contributed by atoms with E-state index in [0.717, 1.165) is 39.9 Å². The summed E-state index contributed by atoms with van der Waals surface area (Å²) >= 11 is 2.90. The number of rotatable bonds is 7. The van der Waals surface area contributed by atoms with Gasteiger partial charge in [0.25, 0.3) is 0 Å². The Morgan fingerprint density at radius 1 is 1.11 bits per heavy atom. The first-order valence-electron chi connectivity index (χ1n) is 13.5. The molecular formula is C30H47NO5S2. The van der Waals surface area contributed by atoms with Crippen LogP contribution in [0.15, 0.2) is 31.7 Å². The van der Waals surface area contributed by atoms with Crippen molar-refractivity contribution in [1.82, 2.24) is 0 Å². The molecule has 0 unspecified atom stereocenters. The van der Waals surface area contributed by atoms with Gasteiger partial charge in [0.15, 0.2) is 5.57 Å². The van der Waals surface area contributed by atoms with Crippen LogP contribution in [0.4, 0.5) is 0 Å². The minimum Gasteiger partial charge on any atom is -0.489 e. The lowest BCUT2D eigenvalue weighted by atomic mass is 9.89. The zero-order valence-electron chi connectivity index (χ0n) is 24.8. The highest BCUT2D eigenvalue weighted by Gasteiger charge is 2.31. The van der Waals surface area contributed by atoms with Crippen molar-refractivity contribution in [3.05, 3.63) is 27.5 Å². The zero-order chi connectivity index (χ0) is 29.3. The summed E-state index contributed by atoms with van der Waals surface area (Å²) in [6, 6.07) is 6.12. The first-order chi connectivity index (χ1) is 18.1. The lowest BCUT2D eigenvalue weighted by Crippen LogP contribution is -2.25. The van der Waals surface area contributed by atoms with Crippen molar-refractivity contribution in [3.8, 4) is 11.8 Å². The Morgan fingerprint density at radius 3 is 2.18 bits per heavy atom. The molecule has 0 amide bonds. The van der Waals surface area contributed by atoms with Crippen molar-refractivity contribution in [2.24, 2.45) is 5.92 Å². The summed E-state index contributed by atoms with van der Waals surface area (Å²) in [4.78, 5) is 22.7. The Bertz CT molecular complexity index is 931. The molecule has 0 saturated heterocycles. The molecule has 214 valence electrons. The number of carbonyl (C=O) groups is 2. The third-order valence-corrected chi connectivity index (χ3v) is 8.68. The first kappa shape index (κ1) is 36.0. The fourth-order valence-electron chi connectivity index (χ4n) is 3.53. The molecule has 1 fully saturated rings. The summed E-state index contributed by atoms with van der Waals surface area (Å²) in [7, 11) is 1.63. The van der Waals surface area contributed by atoms with E-state index < -0.39 is 5.97 Å². The predicted octanol–water partition coefficient (Wildman–Crippen LogP) is 8.50. The normalized spacial score (nSPS) is 19.1. The molecule has 1 aliphatic heterocycles. The standard InChI is InChI=1S/C24H31NO4S2.C3H8.C2H6.CH2O/c1-15-6-9-17(10-7-15)29-19-11-8-16(2)20-21(19)31-23(30-20)18(14-25)22(26)28-13-12-24(3,4)27-5;1-3-2;2*1-2/h8,11,15,17H,6-7,9-10,12-13H2,1-5H3;3H2,1-2H3;1-2H3;1H2/b23-18+;;;. The number of carbonyl (C=O) groups excluding carboxylic acids is 2. The maximum atomic E-state index is 12.6. The average Bonchev–Trinajstić information content (AvgIpc) is 3.36. The van der Waals surface area contributed by atoms with Crippen LogP contribution in [-0.4, -0.2) is 38.2 Å². The summed E-state index contributed by atoms with van der Waals surface area (Å²) in [5, 5.41) is 9.67. The van der Waals surface area contributed by atoms with Gasteiger partial charge in [-0.1, -0.05) is 70.6 Å². The molecule has 0 radical (unpaired) electrons. The number of nitrogens with zero attached hydrogens (tertiary/aromatic N) is 1. The summed E-state index contributed by atoms with van der Waals surface area (Å²) in [5.41, 5.74) is 0.783. The van der Waals surface area contributed by atoms with Gasteiger partial charge in [0.05, 0.1) is 27.4 Å². The van der Waals surface area contributed by atoms with E-state index in [0.29, 0.717) is 10.7 Å². The highest BCUT2D eigenvalue weighted by atomic mass is 32.2. The molecule has 0 spiro atoms. The van der Waals surface area contributed by atoms with Gasteiger partial charge in [-0.3, -0.25) is 0 Å². The molecule has 1 aromatic rings. The van der Waals surface area contributed by atoms with Gasteiger partial charge in [-0.2, -0.15) is 5.26 Å². The van der Waals surface area contributed by atoms with E-state index in [1.165, 1.54) is 42.8 Å². The van der Waals surface area contributed by atoms with Gasteiger partial charge in [0, 0.05) is 18.4 Å². The Labute approximate surface area is 239 Å². The lowest BCUT2D eigenvalue weighted by molar-refractivity contribution is -0.140. The summed E-state index contributed by atoms with van der Waals surface area (Å²) < 4.78 is 17.8. The summed E-state index contributed by atoms with van der Waals surface area (Å²) in [6.07, 6.45) is 6.55. The van der Waals surface area contributed by atoms with E-state index in [1.54, 1.807) is 7.11 Å². The minimum absolute atomic E-state index is 0.0539. The number of esters is 1. The number of thioether (sulfide) groups is 2. The molecular weight excluding hydrogens is 518 g/mol. The van der Waals surface area contributed by atoms with Crippen LogP contribution in [0.25, 0.3) is 0 Å². The van der Waals surface area contributed by atoms with E-state index in [1.807, 2.05) is 53.5 Å². The minimum atomic E-state index is -0.585. The zero-order valence-corrected chi connectivity index (χ0v) is 26.4. The van der Waals surface area contributed by atoms with Crippen LogP contribution >= 0.6 is 23.5 Å². The molecule has 2 aliphatic rings. The Kier molecular flexibility index (Phi) is 18.2. The van der Waals surface area contributed by atoms with E-state index in [9.17, 15) is 10.1 Å². The topological polar surface area (TPSA) is 85.6 Å². The van der Waals surface area contributed by atoms with E-state index in [4.69, 9.17) is 19.0 Å². The number of nitriles is 1. The first-order valence-corrected chi connectivity index (χ1v) is 15.1. The summed E-state index contributed by atoms with van der Waals surface area (Å²) in [6.45, 7) is 18.6. The van der Waals surface area contributed by atoms with Gasteiger partial charge in [0.1, 0.15) is 18.6 Å². The second-order valence-electron chi connectivity index (χ2n) is 9.57. The fraction of sp³-hybridized carbons (Fsp3) is 0.633. The third-order valence-electron chi connectivity index (χ3n) is 5.93. The molecule has 1 saturated carbocycles. The molecule has 0 aromatic heterocycles. The molecule has 1 aliphatic carbocycles. The molecule has 0 atom stereocenters. The van der Waals surface area contributed by atoms with E-state index in [2.05, 4.69) is 26.8 Å². The Hall–Kier alpha value is -1.95. The Morgan fingerprint density at radius 2 is 1.66 bits per heavy atom. The van der Waals surface area contributed by atoms with Crippen molar-refractivity contribution in [1.29, 1.82) is 5.26 Å². The molecule has 6 nitrogen and oxygen atoms in total. The maximum absolute atomic E-state index is 12.6. The molecule has 1 heterocycles. The van der Waals surface area contributed by atoms with E-state index >= 15 is 0 Å². The molecule has 0 N–H and O–H groups in total. The van der Waals surface area contributed by atoms with Crippen molar-refractivity contribution < 1.29 is 23.8 Å².